The molecule has 0 bridgehead atoms. The molecule has 1 unspecified atom stereocenters. The molecule has 3 aromatic carbocycles. The molecule has 3 aromatic rings. The van der Waals surface area contributed by atoms with E-state index in [0.717, 1.165) is 37.1 Å². The van der Waals surface area contributed by atoms with Gasteiger partial charge in [-0.25, -0.2) is 9.18 Å². The first kappa shape index (κ1) is 23.6. The molecule has 1 amide bonds. The highest BCUT2D eigenvalue weighted by Crippen LogP contribution is 2.25. The Balaban J connectivity index is 1.33. The van der Waals surface area contributed by atoms with Crippen LogP contribution in [0, 0.1) is 11.7 Å². The number of carbonyl (C=O) groups excluding carboxylic acids is 2. The Labute approximate surface area is 199 Å². The molecule has 1 atom stereocenters. The SMILES string of the molecule is O=C(NCc1ccccc1)OC(CN1CCC(C(=O)c2ccc(F)cc2)CC1)c1ccccc1. The predicted molar refractivity (Wildman–Crippen MR) is 129 cm³/mol. The Morgan fingerprint density at radius 3 is 2.18 bits per heavy atom. The molecule has 1 saturated heterocycles. The highest BCUT2D eigenvalue weighted by molar-refractivity contribution is 5.97. The normalized spacial score (nSPS) is 15.4. The van der Waals surface area contributed by atoms with Crippen LogP contribution in [0.2, 0.25) is 0 Å². The number of nitrogens with one attached hydrogen (secondary N) is 1. The quantitative estimate of drug-likeness (QED) is 0.458. The van der Waals surface area contributed by atoms with Crippen molar-refractivity contribution in [2.75, 3.05) is 19.6 Å². The molecule has 0 radical (unpaired) electrons. The van der Waals surface area contributed by atoms with Crippen LogP contribution in [0.25, 0.3) is 0 Å². The van der Waals surface area contributed by atoms with Crippen molar-refractivity contribution in [2.45, 2.75) is 25.5 Å². The van der Waals surface area contributed by atoms with Crippen LogP contribution in [0.15, 0.2) is 84.9 Å². The molecule has 5 nitrogen and oxygen atoms in total. The third-order valence-corrected chi connectivity index (χ3v) is 6.21. The number of benzene rings is 3. The summed E-state index contributed by atoms with van der Waals surface area (Å²) in [5.74, 6) is -0.353. The summed E-state index contributed by atoms with van der Waals surface area (Å²) in [6.07, 6.45) is 0.566. The van der Waals surface area contributed by atoms with Crippen LogP contribution < -0.4 is 5.32 Å². The number of nitrogens with zero attached hydrogens (tertiary/aromatic N) is 1. The molecule has 1 aliphatic heterocycles. The number of carbonyl (C=O) groups is 2. The monoisotopic (exact) mass is 460 g/mol. The van der Waals surface area contributed by atoms with Crippen molar-refractivity contribution in [1.29, 1.82) is 0 Å². The number of ketones is 1. The first-order valence-electron chi connectivity index (χ1n) is 11.6. The van der Waals surface area contributed by atoms with E-state index in [2.05, 4.69) is 10.2 Å². The number of halogens is 1. The van der Waals surface area contributed by atoms with E-state index in [1.807, 2.05) is 60.7 Å². The van der Waals surface area contributed by atoms with Crippen LogP contribution >= 0.6 is 0 Å². The van der Waals surface area contributed by atoms with Crippen LogP contribution in [-0.2, 0) is 11.3 Å². The third kappa shape index (κ3) is 6.51. The van der Waals surface area contributed by atoms with E-state index >= 15 is 0 Å². The fourth-order valence-electron chi connectivity index (χ4n) is 4.28. The molecule has 0 aliphatic carbocycles. The molecule has 6 heteroatoms. The van der Waals surface area contributed by atoms with Gasteiger partial charge in [-0.3, -0.25) is 9.69 Å². The van der Waals surface area contributed by atoms with Crippen molar-refractivity contribution < 1.29 is 18.7 Å². The van der Waals surface area contributed by atoms with Gasteiger partial charge in [-0.05, 0) is 61.3 Å². The van der Waals surface area contributed by atoms with E-state index < -0.39 is 12.2 Å². The summed E-state index contributed by atoms with van der Waals surface area (Å²) in [5, 5.41) is 2.83. The standard InChI is InChI=1S/C28H29FN2O3/c29-25-13-11-23(12-14-25)27(32)24-15-17-31(18-16-24)20-26(22-9-5-2-6-10-22)34-28(33)30-19-21-7-3-1-4-8-21/h1-14,24,26H,15-20H2,(H,30,33). The largest absolute Gasteiger partial charge is 0.440 e. The van der Waals surface area contributed by atoms with Crippen LogP contribution in [0.4, 0.5) is 9.18 Å². The van der Waals surface area contributed by atoms with Gasteiger partial charge in [-0.2, -0.15) is 0 Å². The van der Waals surface area contributed by atoms with E-state index in [1.165, 1.54) is 12.1 Å². The number of rotatable bonds is 8. The van der Waals surface area contributed by atoms with E-state index in [0.29, 0.717) is 18.7 Å². The van der Waals surface area contributed by atoms with Gasteiger partial charge in [0, 0.05) is 24.6 Å². The second kappa shape index (κ2) is 11.6. The van der Waals surface area contributed by atoms with E-state index in [1.54, 1.807) is 12.1 Å². The summed E-state index contributed by atoms with van der Waals surface area (Å²) in [4.78, 5) is 27.6. The number of alkyl carbamates (subject to hydrolysis) is 1. The van der Waals surface area contributed by atoms with E-state index in [4.69, 9.17) is 4.74 Å². The molecule has 0 aromatic heterocycles. The minimum absolute atomic E-state index is 0.0656. The zero-order chi connectivity index (χ0) is 23.8. The Morgan fingerprint density at radius 1 is 0.912 bits per heavy atom. The Hall–Kier alpha value is -3.51. The Morgan fingerprint density at radius 2 is 1.53 bits per heavy atom. The van der Waals surface area contributed by atoms with Gasteiger partial charge in [0.15, 0.2) is 5.78 Å². The van der Waals surface area contributed by atoms with Crippen LogP contribution in [0.1, 0.15) is 40.4 Å². The highest BCUT2D eigenvalue weighted by atomic mass is 19.1. The number of hydrogen-bond acceptors (Lipinski definition) is 4. The predicted octanol–water partition coefficient (Wildman–Crippen LogP) is 5.39. The van der Waals surface area contributed by atoms with Crippen LogP contribution in [-0.4, -0.2) is 36.4 Å². The molecule has 1 fully saturated rings. The zero-order valence-corrected chi connectivity index (χ0v) is 19.0. The molecule has 176 valence electrons. The first-order valence-corrected chi connectivity index (χ1v) is 11.6. The number of amides is 1. The number of piperidine rings is 1. The molecular weight excluding hydrogens is 431 g/mol. The average Bonchev–Trinajstić information content (AvgIpc) is 2.89. The van der Waals surface area contributed by atoms with Gasteiger partial charge in [0.25, 0.3) is 0 Å². The smallest absolute Gasteiger partial charge is 0.408 e. The van der Waals surface area contributed by atoms with Crippen molar-refractivity contribution >= 4 is 11.9 Å². The Bertz CT molecular complexity index is 1070. The summed E-state index contributed by atoms with van der Waals surface area (Å²) in [7, 11) is 0. The minimum atomic E-state index is -0.459. The van der Waals surface area contributed by atoms with Gasteiger partial charge in [0.1, 0.15) is 11.9 Å². The van der Waals surface area contributed by atoms with Crippen molar-refractivity contribution in [3.8, 4) is 0 Å². The van der Waals surface area contributed by atoms with Gasteiger partial charge in [0.2, 0.25) is 0 Å². The van der Waals surface area contributed by atoms with Gasteiger partial charge < -0.3 is 10.1 Å². The number of Topliss-reactive ketones (excluding diaryl/α,β-unsaturated/α-hetero) is 1. The minimum Gasteiger partial charge on any atom is -0.440 e. The topological polar surface area (TPSA) is 58.6 Å². The molecule has 1 heterocycles. The lowest BCUT2D eigenvalue weighted by Gasteiger charge is -2.33. The number of ether oxygens (including phenoxy) is 1. The molecule has 1 aliphatic rings. The van der Waals surface area contributed by atoms with Crippen LogP contribution in [0.5, 0.6) is 0 Å². The van der Waals surface area contributed by atoms with Gasteiger partial charge in [-0.15, -0.1) is 0 Å². The maximum Gasteiger partial charge on any atom is 0.408 e. The summed E-state index contributed by atoms with van der Waals surface area (Å²) in [6.45, 7) is 2.42. The molecule has 0 saturated carbocycles. The summed E-state index contributed by atoms with van der Waals surface area (Å²) in [6, 6.07) is 25.2. The Kier molecular flexibility index (Phi) is 8.04. The van der Waals surface area contributed by atoms with Crippen molar-refractivity contribution in [3.05, 3.63) is 107 Å². The van der Waals surface area contributed by atoms with E-state index in [-0.39, 0.29) is 17.5 Å². The van der Waals surface area contributed by atoms with Gasteiger partial charge in [-0.1, -0.05) is 60.7 Å². The molecule has 0 spiro atoms. The number of likely N-dealkylation sites (tertiary alicyclic amines) is 1. The van der Waals surface area contributed by atoms with Gasteiger partial charge in [0.05, 0.1) is 0 Å². The fourth-order valence-corrected chi connectivity index (χ4v) is 4.28. The van der Waals surface area contributed by atoms with Crippen molar-refractivity contribution in [2.24, 2.45) is 5.92 Å². The number of hydrogen-bond donors (Lipinski definition) is 1. The van der Waals surface area contributed by atoms with Crippen molar-refractivity contribution in [1.82, 2.24) is 10.2 Å². The lowest BCUT2D eigenvalue weighted by Crippen LogP contribution is -2.40. The fraction of sp³-hybridized carbons (Fsp3) is 0.286. The van der Waals surface area contributed by atoms with E-state index in [9.17, 15) is 14.0 Å². The van der Waals surface area contributed by atoms with Crippen LogP contribution in [0.3, 0.4) is 0 Å². The lowest BCUT2D eigenvalue weighted by molar-refractivity contribution is 0.0553. The summed E-state index contributed by atoms with van der Waals surface area (Å²) < 4.78 is 19.0. The molecular formula is C28H29FN2O3. The summed E-state index contributed by atoms with van der Waals surface area (Å²) >= 11 is 0. The molecule has 34 heavy (non-hydrogen) atoms. The third-order valence-electron chi connectivity index (χ3n) is 6.21. The maximum absolute atomic E-state index is 13.2. The average molecular weight is 461 g/mol. The maximum atomic E-state index is 13.2. The summed E-state index contributed by atoms with van der Waals surface area (Å²) in [5.41, 5.74) is 2.49. The molecule has 1 N–H and O–H groups in total. The second-order valence-electron chi connectivity index (χ2n) is 8.59. The van der Waals surface area contributed by atoms with Crippen molar-refractivity contribution in [3.63, 3.8) is 0 Å². The first-order chi connectivity index (χ1) is 16.6. The second-order valence-corrected chi connectivity index (χ2v) is 8.59. The lowest BCUT2D eigenvalue weighted by atomic mass is 9.88. The highest BCUT2D eigenvalue weighted by Gasteiger charge is 2.28. The zero-order valence-electron chi connectivity index (χ0n) is 19.0. The van der Waals surface area contributed by atoms with Gasteiger partial charge >= 0.3 is 6.09 Å². The molecule has 4 rings (SSSR count).